The molecule has 0 spiro atoms. The van der Waals surface area contributed by atoms with Gasteiger partial charge in [0.05, 0.1) is 5.69 Å². The highest BCUT2D eigenvalue weighted by atomic mass is 32.1. The lowest BCUT2D eigenvalue weighted by Crippen LogP contribution is -1.96. The van der Waals surface area contributed by atoms with Crippen LogP contribution in [0.15, 0.2) is 30.5 Å². The fourth-order valence-corrected chi connectivity index (χ4v) is 3.58. The molecule has 0 aromatic carbocycles. The summed E-state index contributed by atoms with van der Waals surface area (Å²) in [5.74, 6) is 0.677. The van der Waals surface area contributed by atoms with Gasteiger partial charge in [0.25, 0.3) is 0 Å². The molecule has 0 radical (unpaired) electrons. The van der Waals surface area contributed by atoms with Gasteiger partial charge in [-0.25, -0.2) is 4.98 Å². The fraction of sp³-hybridized carbons (Fsp3) is 0.133. The Labute approximate surface area is 139 Å². The number of H-pyrrole nitrogens is 1. The van der Waals surface area contributed by atoms with Gasteiger partial charge in [-0.2, -0.15) is 14.7 Å². The molecule has 0 aliphatic rings. The van der Waals surface area contributed by atoms with Gasteiger partial charge in [0.2, 0.25) is 10.8 Å². The number of nitrogens with zero attached hydrogens (tertiary/aromatic N) is 7. The van der Waals surface area contributed by atoms with Gasteiger partial charge in [-0.3, -0.25) is 9.50 Å². The minimum absolute atomic E-state index is 0.677. The molecule has 1 N–H and O–H groups in total. The zero-order chi connectivity index (χ0) is 16.3. The molecule has 8 nitrogen and oxygen atoms in total. The van der Waals surface area contributed by atoms with Crippen molar-refractivity contribution in [1.29, 1.82) is 0 Å². The van der Waals surface area contributed by atoms with Crippen LogP contribution in [0, 0.1) is 13.8 Å². The zero-order valence-corrected chi connectivity index (χ0v) is 13.7. The minimum atomic E-state index is 0.677. The number of aromatic amines is 1. The maximum absolute atomic E-state index is 4.65. The van der Waals surface area contributed by atoms with Crippen LogP contribution in [-0.2, 0) is 0 Å². The van der Waals surface area contributed by atoms with Crippen molar-refractivity contribution in [1.82, 2.24) is 39.4 Å². The summed E-state index contributed by atoms with van der Waals surface area (Å²) >= 11 is 1.46. The topological polar surface area (TPSA) is 89.1 Å². The van der Waals surface area contributed by atoms with Gasteiger partial charge in [-0.15, -0.1) is 10.2 Å². The second-order valence-electron chi connectivity index (χ2n) is 5.54. The van der Waals surface area contributed by atoms with Crippen LogP contribution in [0.5, 0.6) is 0 Å². The van der Waals surface area contributed by atoms with E-state index in [0.29, 0.717) is 5.82 Å². The normalized spacial score (nSPS) is 11.8. The van der Waals surface area contributed by atoms with Gasteiger partial charge in [-0.1, -0.05) is 17.4 Å². The van der Waals surface area contributed by atoms with E-state index in [1.165, 1.54) is 11.3 Å². The summed E-state index contributed by atoms with van der Waals surface area (Å²) in [6.45, 7) is 3.93. The molecular weight excluding hydrogens is 324 g/mol. The molecule has 0 amide bonds. The van der Waals surface area contributed by atoms with E-state index < -0.39 is 0 Å². The Morgan fingerprint density at radius 3 is 2.92 bits per heavy atom. The lowest BCUT2D eigenvalue weighted by molar-refractivity contribution is 0.948. The quantitative estimate of drug-likeness (QED) is 0.535. The molecule has 0 saturated carbocycles. The molecule has 5 aromatic heterocycles. The largest absolute Gasteiger partial charge is 0.297 e. The highest BCUT2D eigenvalue weighted by Gasteiger charge is 2.20. The second kappa shape index (κ2) is 4.71. The first-order valence-corrected chi connectivity index (χ1v) is 8.21. The van der Waals surface area contributed by atoms with E-state index in [2.05, 4.69) is 30.5 Å². The van der Waals surface area contributed by atoms with E-state index in [4.69, 9.17) is 0 Å². The number of aromatic nitrogens is 8. The Morgan fingerprint density at radius 2 is 2.08 bits per heavy atom. The Bertz CT molecular complexity index is 1190. The Kier molecular flexibility index (Phi) is 2.63. The smallest absolute Gasteiger partial charge is 0.235 e. The number of hydrogen-bond donors (Lipinski definition) is 1. The van der Waals surface area contributed by atoms with Crippen molar-refractivity contribution < 1.29 is 0 Å². The van der Waals surface area contributed by atoms with Crippen LogP contribution in [-0.4, -0.2) is 39.4 Å². The average Bonchev–Trinajstić information content (AvgIpc) is 3.29. The first-order valence-electron chi connectivity index (χ1n) is 7.39. The van der Waals surface area contributed by atoms with Crippen molar-refractivity contribution in [3.05, 3.63) is 41.9 Å². The minimum Gasteiger partial charge on any atom is -0.297 e. The second-order valence-corrected chi connectivity index (χ2v) is 6.49. The third-order valence-electron chi connectivity index (χ3n) is 3.83. The molecule has 0 fully saturated rings. The number of hydrogen-bond acceptors (Lipinski definition) is 6. The Balaban J connectivity index is 1.75. The molecule has 5 aromatic rings. The zero-order valence-electron chi connectivity index (χ0n) is 12.9. The summed E-state index contributed by atoms with van der Waals surface area (Å²) in [6.07, 6.45) is 1.97. The Hall–Kier alpha value is -3.07. The standard InChI is InChI=1S/C15H12N8S/c1-8-7-10(18-17-8)14-21-23-13(19-20-15(23)24-14)12-9(2)16-11-5-3-4-6-22(11)12/h3-7H,1-2H3,(H,17,18). The molecule has 24 heavy (non-hydrogen) atoms. The lowest BCUT2D eigenvalue weighted by atomic mass is 10.3. The van der Waals surface area contributed by atoms with Crippen LogP contribution >= 0.6 is 11.3 Å². The van der Waals surface area contributed by atoms with Crippen molar-refractivity contribution in [2.24, 2.45) is 0 Å². The molecule has 0 saturated heterocycles. The maximum Gasteiger partial charge on any atom is 0.235 e. The molecule has 5 rings (SSSR count). The van der Waals surface area contributed by atoms with Crippen molar-refractivity contribution >= 4 is 21.9 Å². The summed E-state index contributed by atoms with van der Waals surface area (Å²) in [5.41, 5.74) is 4.46. The monoisotopic (exact) mass is 336 g/mol. The average molecular weight is 336 g/mol. The summed E-state index contributed by atoms with van der Waals surface area (Å²) in [7, 11) is 0. The van der Waals surface area contributed by atoms with E-state index in [1.807, 2.05) is 48.7 Å². The number of rotatable bonds is 2. The van der Waals surface area contributed by atoms with Gasteiger partial charge < -0.3 is 0 Å². The summed E-state index contributed by atoms with van der Waals surface area (Å²) in [4.78, 5) is 5.31. The van der Waals surface area contributed by atoms with Crippen LogP contribution in [0.2, 0.25) is 0 Å². The van der Waals surface area contributed by atoms with Gasteiger partial charge in [0.1, 0.15) is 17.0 Å². The van der Waals surface area contributed by atoms with Crippen LogP contribution in [0.25, 0.3) is 32.8 Å². The fourth-order valence-electron chi connectivity index (χ4n) is 2.78. The summed E-state index contributed by atoms with van der Waals surface area (Å²) < 4.78 is 3.76. The number of fused-ring (bicyclic) bond motifs is 2. The molecule has 0 atom stereocenters. The summed E-state index contributed by atoms with van der Waals surface area (Å²) in [6, 6.07) is 7.86. The molecule has 0 aliphatic heterocycles. The number of nitrogens with one attached hydrogen (secondary N) is 1. The van der Waals surface area contributed by atoms with Crippen molar-refractivity contribution in [2.45, 2.75) is 13.8 Å². The van der Waals surface area contributed by atoms with Gasteiger partial charge in [0, 0.05) is 11.9 Å². The molecule has 0 bridgehead atoms. The highest BCUT2D eigenvalue weighted by Crippen LogP contribution is 2.28. The SMILES string of the molecule is Cc1cc(-c2nn3c(-c4c(C)nc5ccccn45)nnc3s2)n[nH]1. The van der Waals surface area contributed by atoms with Crippen LogP contribution < -0.4 is 0 Å². The molecule has 9 heteroatoms. The van der Waals surface area contributed by atoms with Crippen molar-refractivity contribution in [3.8, 4) is 22.2 Å². The predicted octanol–water partition coefficient (Wildman–Crippen LogP) is 2.51. The van der Waals surface area contributed by atoms with Crippen LogP contribution in [0.1, 0.15) is 11.4 Å². The van der Waals surface area contributed by atoms with E-state index in [1.54, 1.807) is 4.52 Å². The number of pyridine rings is 1. The third kappa shape index (κ3) is 1.81. The van der Waals surface area contributed by atoms with E-state index in [-0.39, 0.29) is 0 Å². The van der Waals surface area contributed by atoms with Gasteiger partial charge in [0.15, 0.2) is 5.01 Å². The van der Waals surface area contributed by atoms with E-state index >= 15 is 0 Å². The lowest BCUT2D eigenvalue weighted by Gasteiger charge is -1.99. The summed E-state index contributed by atoms with van der Waals surface area (Å²) in [5, 5.41) is 21.2. The predicted molar refractivity (Wildman–Crippen MR) is 89.9 cm³/mol. The molecule has 0 aliphatic carbocycles. The first-order chi connectivity index (χ1) is 11.7. The maximum atomic E-state index is 4.65. The molecular formula is C15H12N8S. The van der Waals surface area contributed by atoms with E-state index in [9.17, 15) is 0 Å². The molecule has 0 unspecified atom stereocenters. The number of imidazole rings is 1. The van der Waals surface area contributed by atoms with Crippen LogP contribution in [0.3, 0.4) is 0 Å². The Morgan fingerprint density at radius 1 is 1.17 bits per heavy atom. The van der Waals surface area contributed by atoms with E-state index in [0.717, 1.165) is 38.4 Å². The molecule has 118 valence electrons. The van der Waals surface area contributed by atoms with Gasteiger partial charge in [-0.05, 0) is 32.0 Å². The first kappa shape index (κ1) is 13.4. The van der Waals surface area contributed by atoms with Crippen LogP contribution in [0.4, 0.5) is 0 Å². The number of aryl methyl sites for hydroxylation is 2. The third-order valence-corrected chi connectivity index (χ3v) is 4.75. The van der Waals surface area contributed by atoms with Crippen molar-refractivity contribution in [2.75, 3.05) is 0 Å². The molecule has 5 heterocycles. The highest BCUT2D eigenvalue weighted by molar-refractivity contribution is 7.19. The van der Waals surface area contributed by atoms with Crippen molar-refractivity contribution in [3.63, 3.8) is 0 Å². The van der Waals surface area contributed by atoms with Gasteiger partial charge >= 0.3 is 0 Å².